The standard InChI is InChI=1S/C18H26N4O3/c1-14-4-5-16(25-14)10-21-8-15(12-24-13-18(23)20(2)3)9-22-7-6-19-17(22)11-21/h4-7,15H,8-13H2,1-3H3/t15-/m0/s1. The van der Waals surface area contributed by atoms with Gasteiger partial charge >= 0.3 is 0 Å². The topological polar surface area (TPSA) is 63.7 Å². The molecule has 136 valence electrons. The zero-order chi connectivity index (χ0) is 17.8. The van der Waals surface area contributed by atoms with Crippen LogP contribution >= 0.6 is 0 Å². The molecule has 1 aliphatic rings. The van der Waals surface area contributed by atoms with Crippen molar-refractivity contribution in [3.05, 3.63) is 41.9 Å². The van der Waals surface area contributed by atoms with Gasteiger partial charge in [-0.2, -0.15) is 0 Å². The molecule has 1 atom stereocenters. The number of carbonyl (C=O) groups is 1. The number of ether oxygens (including phenoxy) is 1. The maximum Gasteiger partial charge on any atom is 0.248 e. The molecule has 0 aromatic carbocycles. The van der Waals surface area contributed by atoms with Gasteiger partial charge < -0.3 is 18.6 Å². The Labute approximate surface area is 148 Å². The third kappa shape index (κ3) is 4.70. The van der Waals surface area contributed by atoms with Gasteiger partial charge in [-0.05, 0) is 19.1 Å². The average molecular weight is 346 g/mol. The maximum atomic E-state index is 11.7. The minimum atomic E-state index is -0.0140. The van der Waals surface area contributed by atoms with Crippen LogP contribution in [0.4, 0.5) is 0 Å². The van der Waals surface area contributed by atoms with Crippen molar-refractivity contribution in [3.8, 4) is 0 Å². The predicted molar refractivity (Wildman–Crippen MR) is 92.8 cm³/mol. The maximum absolute atomic E-state index is 11.7. The van der Waals surface area contributed by atoms with E-state index >= 15 is 0 Å². The van der Waals surface area contributed by atoms with Gasteiger partial charge in [0, 0.05) is 45.5 Å². The normalized spacial score (nSPS) is 18.0. The fraction of sp³-hybridized carbons (Fsp3) is 0.556. The molecule has 3 rings (SSSR count). The van der Waals surface area contributed by atoms with Crippen LogP contribution in [-0.2, 0) is 29.2 Å². The van der Waals surface area contributed by atoms with E-state index in [-0.39, 0.29) is 12.5 Å². The molecule has 25 heavy (non-hydrogen) atoms. The smallest absolute Gasteiger partial charge is 0.248 e. The molecule has 2 aromatic heterocycles. The van der Waals surface area contributed by atoms with Crippen molar-refractivity contribution in [1.82, 2.24) is 19.4 Å². The lowest BCUT2D eigenvalue weighted by Crippen LogP contribution is -2.32. The minimum absolute atomic E-state index is 0.0140. The summed E-state index contributed by atoms with van der Waals surface area (Å²) in [5, 5.41) is 0. The van der Waals surface area contributed by atoms with E-state index in [2.05, 4.69) is 14.5 Å². The van der Waals surface area contributed by atoms with Gasteiger partial charge in [0.05, 0.1) is 19.7 Å². The van der Waals surface area contributed by atoms with E-state index in [0.717, 1.165) is 43.5 Å². The Bertz CT molecular complexity index is 707. The lowest BCUT2D eigenvalue weighted by molar-refractivity contribution is -0.134. The molecule has 0 saturated carbocycles. The van der Waals surface area contributed by atoms with Gasteiger partial charge in [-0.15, -0.1) is 0 Å². The van der Waals surface area contributed by atoms with Crippen LogP contribution in [0.25, 0.3) is 0 Å². The Morgan fingerprint density at radius 2 is 2.24 bits per heavy atom. The third-order valence-electron chi connectivity index (χ3n) is 4.39. The lowest BCUT2D eigenvalue weighted by Gasteiger charge is -2.23. The van der Waals surface area contributed by atoms with E-state index in [1.807, 2.05) is 31.5 Å². The summed E-state index contributed by atoms with van der Waals surface area (Å²) in [6.07, 6.45) is 3.84. The van der Waals surface area contributed by atoms with Gasteiger partial charge in [0.2, 0.25) is 5.91 Å². The number of rotatable bonds is 6. The molecule has 0 spiro atoms. The predicted octanol–water partition coefficient (Wildman–Crippen LogP) is 1.52. The van der Waals surface area contributed by atoms with Crippen molar-refractivity contribution in [1.29, 1.82) is 0 Å². The van der Waals surface area contributed by atoms with Gasteiger partial charge in [0.1, 0.15) is 24.0 Å². The number of furan rings is 1. The minimum Gasteiger partial charge on any atom is -0.465 e. The highest BCUT2D eigenvalue weighted by molar-refractivity contribution is 5.76. The van der Waals surface area contributed by atoms with Crippen LogP contribution in [0.15, 0.2) is 28.9 Å². The Balaban J connectivity index is 1.63. The van der Waals surface area contributed by atoms with Gasteiger partial charge in [0.15, 0.2) is 0 Å². The molecule has 0 bridgehead atoms. The average Bonchev–Trinajstić information content (AvgIpc) is 3.12. The van der Waals surface area contributed by atoms with Crippen molar-refractivity contribution >= 4 is 5.91 Å². The quantitative estimate of drug-likeness (QED) is 0.794. The monoisotopic (exact) mass is 346 g/mol. The van der Waals surface area contributed by atoms with Gasteiger partial charge in [-0.25, -0.2) is 4.98 Å². The Kier molecular flexibility index (Phi) is 5.55. The SMILES string of the molecule is Cc1ccc(CN2Cc3nccn3C[C@@H](COCC(=O)N(C)C)C2)o1. The summed E-state index contributed by atoms with van der Waals surface area (Å²) in [6, 6.07) is 4.01. The fourth-order valence-corrected chi connectivity index (χ4v) is 3.08. The molecule has 2 aromatic rings. The number of hydrogen-bond acceptors (Lipinski definition) is 5. The number of likely N-dealkylation sites (N-methyl/N-ethyl adjacent to an activating group) is 1. The number of nitrogens with zero attached hydrogens (tertiary/aromatic N) is 4. The first-order chi connectivity index (χ1) is 12.0. The molecule has 0 N–H and O–H groups in total. The molecule has 0 fully saturated rings. The number of amides is 1. The Morgan fingerprint density at radius 3 is 2.96 bits per heavy atom. The van der Waals surface area contributed by atoms with E-state index in [0.29, 0.717) is 12.5 Å². The molecule has 7 nitrogen and oxygen atoms in total. The number of fused-ring (bicyclic) bond motifs is 1. The van der Waals surface area contributed by atoms with Crippen LogP contribution in [0.2, 0.25) is 0 Å². The lowest BCUT2D eigenvalue weighted by atomic mass is 10.1. The number of aromatic nitrogens is 2. The molecule has 0 unspecified atom stereocenters. The van der Waals surface area contributed by atoms with Gasteiger partial charge in [0.25, 0.3) is 0 Å². The number of hydrogen-bond donors (Lipinski definition) is 0. The number of aryl methyl sites for hydroxylation is 1. The van der Waals surface area contributed by atoms with Crippen molar-refractivity contribution in [2.24, 2.45) is 5.92 Å². The first-order valence-corrected chi connectivity index (χ1v) is 8.57. The second kappa shape index (κ2) is 7.84. The van der Waals surface area contributed by atoms with E-state index < -0.39 is 0 Å². The van der Waals surface area contributed by atoms with Crippen LogP contribution < -0.4 is 0 Å². The van der Waals surface area contributed by atoms with Crippen molar-refractivity contribution in [2.45, 2.75) is 26.6 Å². The fourth-order valence-electron chi connectivity index (χ4n) is 3.08. The van der Waals surface area contributed by atoms with Crippen molar-refractivity contribution in [3.63, 3.8) is 0 Å². The number of carbonyl (C=O) groups excluding carboxylic acids is 1. The molecule has 0 saturated heterocycles. The van der Waals surface area contributed by atoms with Crippen LogP contribution in [0.5, 0.6) is 0 Å². The summed E-state index contributed by atoms with van der Waals surface area (Å²) in [5.74, 6) is 3.21. The van der Waals surface area contributed by atoms with Crippen LogP contribution in [0.1, 0.15) is 17.3 Å². The molecule has 1 aliphatic heterocycles. The summed E-state index contributed by atoms with van der Waals surface area (Å²) in [5.41, 5.74) is 0. The van der Waals surface area contributed by atoms with Gasteiger partial charge in [-0.1, -0.05) is 0 Å². The molecule has 0 aliphatic carbocycles. The highest BCUT2D eigenvalue weighted by Crippen LogP contribution is 2.19. The first-order valence-electron chi connectivity index (χ1n) is 8.57. The summed E-state index contributed by atoms with van der Waals surface area (Å²) >= 11 is 0. The first kappa shape index (κ1) is 17.7. The van der Waals surface area contributed by atoms with E-state index in [4.69, 9.17) is 9.15 Å². The highest BCUT2D eigenvalue weighted by atomic mass is 16.5. The zero-order valence-electron chi connectivity index (χ0n) is 15.1. The largest absolute Gasteiger partial charge is 0.465 e. The third-order valence-corrected chi connectivity index (χ3v) is 4.39. The van der Waals surface area contributed by atoms with Crippen molar-refractivity contribution < 1.29 is 13.9 Å². The summed E-state index contributed by atoms with van der Waals surface area (Å²) in [6.45, 7) is 5.87. The summed E-state index contributed by atoms with van der Waals surface area (Å²) in [7, 11) is 3.48. The second-order valence-electron chi connectivity index (χ2n) is 6.85. The highest BCUT2D eigenvalue weighted by Gasteiger charge is 2.23. The molecular formula is C18H26N4O3. The van der Waals surface area contributed by atoms with Gasteiger partial charge in [-0.3, -0.25) is 9.69 Å². The van der Waals surface area contributed by atoms with E-state index in [9.17, 15) is 4.79 Å². The molecule has 1 amide bonds. The van der Waals surface area contributed by atoms with E-state index in [1.54, 1.807) is 19.0 Å². The van der Waals surface area contributed by atoms with Crippen LogP contribution in [0, 0.1) is 12.8 Å². The molecule has 0 radical (unpaired) electrons. The second-order valence-corrected chi connectivity index (χ2v) is 6.85. The number of imidazole rings is 1. The summed E-state index contributed by atoms with van der Waals surface area (Å²) < 4.78 is 13.6. The van der Waals surface area contributed by atoms with E-state index in [1.165, 1.54) is 0 Å². The molecule has 7 heteroatoms. The Morgan fingerprint density at radius 1 is 1.40 bits per heavy atom. The molecule has 3 heterocycles. The zero-order valence-corrected chi connectivity index (χ0v) is 15.1. The van der Waals surface area contributed by atoms with Crippen LogP contribution in [0.3, 0.4) is 0 Å². The van der Waals surface area contributed by atoms with Crippen molar-refractivity contribution in [2.75, 3.05) is 33.9 Å². The van der Waals surface area contributed by atoms with Crippen LogP contribution in [-0.4, -0.2) is 59.1 Å². The summed E-state index contributed by atoms with van der Waals surface area (Å²) in [4.78, 5) is 20.0. The Hall–Kier alpha value is -2.12. The molecular weight excluding hydrogens is 320 g/mol.